The summed E-state index contributed by atoms with van der Waals surface area (Å²) in [5.74, 6) is 0.885. The second-order valence-corrected chi connectivity index (χ2v) is 5.42. The number of ether oxygens (including phenoxy) is 1. The molecule has 0 N–H and O–H groups in total. The molecule has 1 heterocycles. The lowest BCUT2D eigenvalue weighted by molar-refractivity contribution is -0.109. The first-order chi connectivity index (χ1) is 10.3. The van der Waals surface area contributed by atoms with Crippen LogP contribution < -0.4 is 9.64 Å². The SMILES string of the molecule is CN1c2ccc(OCc3ccccc3)cc2CCC1C=O. The highest BCUT2D eigenvalue weighted by atomic mass is 16.5. The van der Waals surface area contributed by atoms with E-state index in [2.05, 4.69) is 18.2 Å². The van der Waals surface area contributed by atoms with Gasteiger partial charge in [-0.05, 0) is 42.2 Å². The molecule has 1 unspecified atom stereocenters. The molecule has 3 rings (SSSR count). The fraction of sp³-hybridized carbons (Fsp3) is 0.278. The van der Waals surface area contributed by atoms with Gasteiger partial charge in [-0.2, -0.15) is 0 Å². The molecule has 0 radical (unpaired) electrons. The number of aldehydes is 1. The van der Waals surface area contributed by atoms with Crippen LogP contribution in [0.15, 0.2) is 48.5 Å². The van der Waals surface area contributed by atoms with Gasteiger partial charge < -0.3 is 14.4 Å². The highest BCUT2D eigenvalue weighted by Crippen LogP contribution is 2.32. The highest BCUT2D eigenvalue weighted by Gasteiger charge is 2.22. The summed E-state index contributed by atoms with van der Waals surface area (Å²) in [7, 11) is 1.97. The summed E-state index contributed by atoms with van der Waals surface area (Å²) < 4.78 is 5.86. The molecule has 0 saturated heterocycles. The first-order valence-corrected chi connectivity index (χ1v) is 7.25. The minimum absolute atomic E-state index is 0.00594. The van der Waals surface area contributed by atoms with Crippen molar-refractivity contribution in [2.45, 2.75) is 25.5 Å². The van der Waals surface area contributed by atoms with E-state index in [1.807, 2.05) is 42.3 Å². The third kappa shape index (κ3) is 2.92. The van der Waals surface area contributed by atoms with Crippen molar-refractivity contribution in [1.29, 1.82) is 0 Å². The predicted octanol–water partition coefficient (Wildman–Crippen LogP) is 3.22. The van der Waals surface area contributed by atoms with Gasteiger partial charge in [-0.3, -0.25) is 0 Å². The monoisotopic (exact) mass is 281 g/mol. The Balaban J connectivity index is 1.73. The van der Waals surface area contributed by atoms with Crippen molar-refractivity contribution in [3.8, 4) is 5.75 Å². The number of hydrogen-bond acceptors (Lipinski definition) is 3. The molecule has 3 heteroatoms. The molecule has 108 valence electrons. The molecular formula is C18H19NO2. The van der Waals surface area contributed by atoms with Crippen LogP contribution in [0.2, 0.25) is 0 Å². The molecule has 3 nitrogen and oxygen atoms in total. The van der Waals surface area contributed by atoms with E-state index in [0.717, 1.165) is 36.1 Å². The third-order valence-electron chi connectivity index (χ3n) is 4.04. The van der Waals surface area contributed by atoms with Gasteiger partial charge >= 0.3 is 0 Å². The molecule has 0 spiro atoms. The Morgan fingerprint density at radius 2 is 2.05 bits per heavy atom. The Morgan fingerprint density at radius 1 is 1.24 bits per heavy atom. The molecule has 1 atom stereocenters. The molecule has 1 aliphatic heterocycles. The van der Waals surface area contributed by atoms with Gasteiger partial charge in [-0.1, -0.05) is 30.3 Å². The summed E-state index contributed by atoms with van der Waals surface area (Å²) in [4.78, 5) is 13.1. The van der Waals surface area contributed by atoms with Gasteiger partial charge in [-0.15, -0.1) is 0 Å². The van der Waals surface area contributed by atoms with Gasteiger partial charge in [0.25, 0.3) is 0 Å². The lowest BCUT2D eigenvalue weighted by atomic mass is 9.97. The van der Waals surface area contributed by atoms with Crippen molar-refractivity contribution < 1.29 is 9.53 Å². The second kappa shape index (κ2) is 6.00. The predicted molar refractivity (Wildman–Crippen MR) is 83.8 cm³/mol. The molecule has 2 aromatic rings. The first-order valence-electron chi connectivity index (χ1n) is 7.25. The van der Waals surface area contributed by atoms with Crippen LogP contribution in [0.25, 0.3) is 0 Å². The largest absolute Gasteiger partial charge is 0.489 e. The summed E-state index contributed by atoms with van der Waals surface area (Å²) in [6.07, 6.45) is 2.82. The number of likely N-dealkylation sites (N-methyl/N-ethyl adjacent to an activating group) is 1. The number of aryl methyl sites for hydroxylation is 1. The molecule has 0 bridgehead atoms. The highest BCUT2D eigenvalue weighted by molar-refractivity contribution is 5.70. The molecule has 1 aliphatic rings. The summed E-state index contributed by atoms with van der Waals surface area (Å²) in [5.41, 5.74) is 3.54. The lowest BCUT2D eigenvalue weighted by Gasteiger charge is -2.32. The van der Waals surface area contributed by atoms with E-state index in [9.17, 15) is 4.79 Å². The number of anilines is 1. The van der Waals surface area contributed by atoms with Crippen LogP contribution in [0, 0.1) is 0 Å². The van der Waals surface area contributed by atoms with Crippen molar-refractivity contribution >= 4 is 12.0 Å². The van der Waals surface area contributed by atoms with E-state index in [-0.39, 0.29) is 6.04 Å². The van der Waals surface area contributed by atoms with Gasteiger partial charge in [0.15, 0.2) is 0 Å². The summed E-state index contributed by atoms with van der Waals surface area (Å²) >= 11 is 0. The Bertz CT molecular complexity index is 624. The molecule has 0 aliphatic carbocycles. The molecule has 21 heavy (non-hydrogen) atoms. The van der Waals surface area contributed by atoms with E-state index in [0.29, 0.717) is 6.61 Å². The zero-order chi connectivity index (χ0) is 14.7. The van der Waals surface area contributed by atoms with Crippen LogP contribution in [-0.4, -0.2) is 19.4 Å². The quantitative estimate of drug-likeness (QED) is 0.806. The average molecular weight is 281 g/mol. The van der Waals surface area contributed by atoms with Crippen LogP contribution in [0.5, 0.6) is 5.75 Å². The normalized spacial score (nSPS) is 17.2. The fourth-order valence-corrected chi connectivity index (χ4v) is 2.77. The van der Waals surface area contributed by atoms with Gasteiger partial charge in [-0.25, -0.2) is 0 Å². The van der Waals surface area contributed by atoms with E-state index in [1.54, 1.807) is 0 Å². The number of rotatable bonds is 4. The van der Waals surface area contributed by atoms with E-state index >= 15 is 0 Å². The first kappa shape index (κ1) is 13.7. The number of benzene rings is 2. The molecule has 0 fully saturated rings. The summed E-state index contributed by atoms with van der Waals surface area (Å²) in [6, 6.07) is 16.3. The maximum absolute atomic E-state index is 11.0. The van der Waals surface area contributed by atoms with E-state index in [4.69, 9.17) is 4.74 Å². The Morgan fingerprint density at radius 3 is 2.81 bits per heavy atom. The standard InChI is InChI=1S/C18H19NO2/c1-19-16(12-20)8-7-15-11-17(9-10-18(15)19)21-13-14-5-3-2-4-6-14/h2-6,9-12,16H,7-8,13H2,1H3. The van der Waals surface area contributed by atoms with Crippen molar-refractivity contribution in [3.63, 3.8) is 0 Å². The van der Waals surface area contributed by atoms with Gasteiger partial charge in [0, 0.05) is 12.7 Å². The van der Waals surface area contributed by atoms with E-state index < -0.39 is 0 Å². The molecule has 0 aromatic heterocycles. The van der Waals surface area contributed by atoms with Gasteiger partial charge in [0.1, 0.15) is 18.6 Å². The second-order valence-electron chi connectivity index (χ2n) is 5.42. The number of carbonyl (C=O) groups excluding carboxylic acids is 1. The van der Waals surface area contributed by atoms with Crippen LogP contribution in [0.1, 0.15) is 17.5 Å². The zero-order valence-electron chi connectivity index (χ0n) is 12.2. The van der Waals surface area contributed by atoms with Crippen LogP contribution in [-0.2, 0) is 17.8 Å². The zero-order valence-corrected chi connectivity index (χ0v) is 12.2. The van der Waals surface area contributed by atoms with Crippen LogP contribution in [0.3, 0.4) is 0 Å². The Labute approximate surface area is 125 Å². The minimum Gasteiger partial charge on any atom is -0.489 e. The maximum atomic E-state index is 11.0. The maximum Gasteiger partial charge on any atom is 0.142 e. The fourth-order valence-electron chi connectivity index (χ4n) is 2.77. The van der Waals surface area contributed by atoms with Gasteiger partial charge in [0.2, 0.25) is 0 Å². The van der Waals surface area contributed by atoms with Crippen molar-refractivity contribution in [2.24, 2.45) is 0 Å². The summed E-state index contributed by atoms with van der Waals surface area (Å²) in [5, 5.41) is 0. The Hall–Kier alpha value is -2.29. The Kier molecular flexibility index (Phi) is 3.91. The lowest BCUT2D eigenvalue weighted by Crippen LogP contribution is -2.37. The third-order valence-corrected chi connectivity index (χ3v) is 4.04. The van der Waals surface area contributed by atoms with Crippen LogP contribution in [0.4, 0.5) is 5.69 Å². The number of nitrogens with zero attached hydrogens (tertiary/aromatic N) is 1. The molecule has 2 aromatic carbocycles. The minimum atomic E-state index is -0.00594. The number of hydrogen-bond donors (Lipinski definition) is 0. The molecule has 0 saturated carbocycles. The molecule has 0 amide bonds. The van der Waals surface area contributed by atoms with E-state index in [1.165, 1.54) is 5.56 Å². The molecular weight excluding hydrogens is 262 g/mol. The van der Waals surface area contributed by atoms with Crippen LogP contribution >= 0.6 is 0 Å². The van der Waals surface area contributed by atoms with Crippen molar-refractivity contribution in [1.82, 2.24) is 0 Å². The van der Waals surface area contributed by atoms with Crippen molar-refractivity contribution in [3.05, 3.63) is 59.7 Å². The van der Waals surface area contributed by atoms with Crippen molar-refractivity contribution in [2.75, 3.05) is 11.9 Å². The number of fused-ring (bicyclic) bond motifs is 1. The smallest absolute Gasteiger partial charge is 0.142 e. The average Bonchev–Trinajstić information content (AvgIpc) is 2.54. The number of carbonyl (C=O) groups is 1. The van der Waals surface area contributed by atoms with Gasteiger partial charge in [0.05, 0.1) is 6.04 Å². The topological polar surface area (TPSA) is 29.5 Å². The summed E-state index contributed by atoms with van der Waals surface area (Å²) in [6.45, 7) is 0.576.